The lowest BCUT2D eigenvalue weighted by Crippen LogP contribution is -2.19. The third kappa shape index (κ3) is 3.73. The van der Waals surface area contributed by atoms with Crippen LogP contribution in [-0.2, 0) is 6.54 Å². The molecule has 0 unspecified atom stereocenters. The van der Waals surface area contributed by atoms with E-state index in [1.54, 1.807) is 6.33 Å². The number of ether oxygens (including phenoxy) is 1. The van der Waals surface area contributed by atoms with Gasteiger partial charge >= 0.3 is 0 Å². The molecule has 1 aliphatic heterocycles. The molecule has 0 radical (unpaired) electrons. The zero-order valence-electron chi connectivity index (χ0n) is 16.4. The number of rotatable bonds is 5. The first-order chi connectivity index (χ1) is 14.3. The predicted octanol–water partition coefficient (Wildman–Crippen LogP) is 3.16. The summed E-state index contributed by atoms with van der Waals surface area (Å²) in [6, 6.07) is 17.8. The highest BCUT2D eigenvalue weighted by atomic mass is 16.5. The largest absolute Gasteiger partial charge is 0.457 e. The summed E-state index contributed by atoms with van der Waals surface area (Å²) >= 11 is 0. The first-order valence-corrected chi connectivity index (χ1v) is 9.95. The maximum absolute atomic E-state index is 5.91. The quantitative estimate of drug-likeness (QED) is 0.496. The van der Waals surface area contributed by atoms with Gasteiger partial charge in [-0.1, -0.05) is 18.2 Å². The van der Waals surface area contributed by atoms with Crippen LogP contribution in [0.1, 0.15) is 6.42 Å². The predicted molar refractivity (Wildman–Crippen MR) is 115 cm³/mol. The van der Waals surface area contributed by atoms with E-state index < -0.39 is 0 Å². The molecule has 0 saturated carbocycles. The molecule has 2 aromatic heterocycles. The van der Waals surface area contributed by atoms with E-state index in [0.29, 0.717) is 5.92 Å². The van der Waals surface area contributed by atoms with E-state index >= 15 is 0 Å². The zero-order valence-corrected chi connectivity index (χ0v) is 16.4. The van der Waals surface area contributed by atoms with E-state index in [9.17, 15) is 0 Å². The van der Waals surface area contributed by atoms with Crippen molar-refractivity contribution in [3.05, 3.63) is 67.1 Å². The second-order valence-electron chi connectivity index (χ2n) is 7.65. The van der Waals surface area contributed by atoms with E-state index in [-0.39, 0.29) is 0 Å². The van der Waals surface area contributed by atoms with Crippen molar-refractivity contribution < 1.29 is 4.74 Å². The van der Waals surface area contributed by atoms with Gasteiger partial charge in [-0.05, 0) is 61.8 Å². The number of nitrogens with zero attached hydrogens (tertiary/aromatic N) is 5. The van der Waals surface area contributed by atoms with Gasteiger partial charge in [0.15, 0.2) is 13.6 Å². The standard InChI is InChI=1S/C22H22BN5O/c23-27-11-10-16(13-27)14-28-22-20(12-24-15-25-22)21(26-28)17-6-8-19(9-7-17)29-18-4-2-1-3-5-18/h1-9,12,15-16H,10-11,13-14,23H2/t16-/m0/s1. The van der Waals surface area contributed by atoms with Crippen LogP contribution in [0.15, 0.2) is 67.1 Å². The van der Waals surface area contributed by atoms with Gasteiger partial charge in [0.05, 0.1) is 5.39 Å². The second-order valence-corrected chi connectivity index (χ2v) is 7.65. The molecule has 0 spiro atoms. The smallest absolute Gasteiger partial charge is 0.185 e. The molecule has 7 heteroatoms. The van der Waals surface area contributed by atoms with Crippen molar-refractivity contribution in [3.8, 4) is 22.8 Å². The normalized spacial score (nSPS) is 17.0. The Balaban J connectivity index is 1.44. The van der Waals surface area contributed by atoms with Gasteiger partial charge in [0.25, 0.3) is 0 Å². The zero-order chi connectivity index (χ0) is 19.6. The molecular formula is C22H22BN5O. The molecule has 5 rings (SSSR count). The summed E-state index contributed by atoms with van der Waals surface area (Å²) in [5.74, 6) is 2.23. The van der Waals surface area contributed by atoms with Crippen LogP contribution in [0.25, 0.3) is 22.3 Å². The maximum Gasteiger partial charge on any atom is 0.185 e. The molecule has 29 heavy (non-hydrogen) atoms. The minimum atomic E-state index is 0.604. The number of aromatic nitrogens is 4. The van der Waals surface area contributed by atoms with E-state index in [1.807, 2.05) is 65.5 Å². The lowest BCUT2D eigenvalue weighted by Gasteiger charge is -2.11. The third-order valence-electron chi connectivity index (χ3n) is 5.44. The summed E-state index contributed by atoms with van der Waals surface area (Å²) in [4.78, 5) is 11.1. The summed E-state index contributed by atoms with van der Waals surface area (Å²) < 4.78 is 7.95. The van der Waals surface area contributed by atoms with Gasteiger partial charge in [-0.15, -0.1) is 0 Å². The van der Waals surface area contributed by atoms with Crippen molar-refractivity contribution in [1.29, 1.82) is 0 Å². The van der Waals surface area contributed by atoms with E-state index in [4.69, 9.17) is 9.84 Å². The second kappa shape index (κ2) is 7.68. The molecule has 6 nitrogen and oxygen atoms in total. The molecular weight excluding hydrogens is 361 g/mol. The molecule has 0 bridgehead atoms. The Kier molecular flexibility index (Phi) is 4.73. The van der Waals surface area contributed by atoms with Crippen molar-refractivity contribution in [2.45, 2.75) is 13.0 Å². The Bertz CT molecular complexity index is 1110. The van der Waals surface area contributed by atoms with Crippen LogP contribution in [0, 0.1) is 5.92 Å². The molecule has 1 atom stereocenters. The van der Waals surface area contributed by atoms with Crippen LogP contribution in [0.5, 0.6) is 11.5 Å². The fourth-order valence-corrected chi connectivity index (χ4v) is 3.98. The van der Waals surface area contributed by atoms with Crippen molar-refractivity contribution >= 4 is 19.0 Å². The summed E-state index contributed by atoms with van der Waals surface area (Å²) in [6.45, 7) is 3.13. The molecule has 1 aliphatic rings. The number of fused-ring (bicyclic) bond motifs is 1. The molecule has 0 amide bonds. The van der Waals surface area contributed by atoms with Crippen LogP contribution < -0.4 is 4.74 Å². The van der Waals surface area contributed by atoms with Crippen molar-refractivity contribution in [2.75, 3.05) is 13.1 Å². The number of para-hydroxylation sites is 1. The van der Waals surface area contributed by atoms with Gasteiger partial charge in [-0.25, -0.2) is 14.6 Å². The van der Waals surface area contributed by atoms with Gasteiger partial charge in [-0.3, -0.25) is 0 Å². The molecule has 4 aromatic rings. The van der Waals surface area contributed by atoms with Crippen molar-refractivity contribution in [1.82, 2.24) is 24.6 Å². The van der Waals surface area contributed by atoms with Gasteiger partial charge < -0.3 is 9.55 Å². The first-order valence-electron chi connectivity index (χ1n) is 9.95. The Labute approximate surface area is 170 Å². The topological polar surface area (TPSA) is 56.1 Å². The molecule has 1 fully saturated rings. The third-order valence-corrected chi connectivity index (χ3v) is 5.44. The Hall–Kier alpha value is -3.19. The van der Waals surface area contributed by atoms with E-state index in [2.05, 4.69) is 22.8 Å². The lowest BCUT2D eigenvalue weighted by molar-refractivity contribution is 0.433. The Morgan fingerprint density at radius 2 is 1.83 bits per heavy atom. The van der Waals surface area contributed by atoms with Gasteiger partial charge in [0, 0.05) is 18.3 Å². The molecule has 3 heterocycles. The minimum Gasteiger partial charge on any atom is -0.457 e. The maximum atomic E-state index is 5.91. The Morgan fingerprint density at radius 1 is 1.03 bits per heavy atom. The van der Waals surface area contributed by atoms with Gasteiger partial charge in [0.2, 0.25) is 0 Å². The lowest BCUT2D eigenvalue weighted by atomic mass is 10.1. The number of hydrogen-bond donors (Lipinski definition) is 0. The van der Waals surface area contributed by atoms with Crippen molar-refractivity contribution in [2.24, 2.45) is 5.92 Å². The average Bonchev–Trinajstić information content (AvgIpc) is 3.33. The highest BCUT2D eigenvalue weighted by Gasteiger charge is 2.22. The van der Waals surface area contributed by atoms with E-state index in [0.717, 1.165) is 53.4 Å². The minimum absolute atomic E-state index is 0.604. The molecule has 144 valence electrons. The monoisotopic (exact) mass is 383 g/mol. The fourth-order valence-electron chi connectivity index (χ4n) is 3.98. The first kappa shape index (κ1) is 17.9. The van der Waals surface area contributed by atoms with Crippen molar-refractivity contribution in [3.63, 3.8) is 0 Å². The van der Waals surface area contributed by atoms with Crippen LogP contribution in [0.3, 0.4) is 0 Å². The molecule has 0 N–H and O–H groups in total. The highest BCUT2D eigenvalue weighted by Crippen LogP contribution is 2.30. The number of hydrogen-bond acceptors (Lipinski definition) is 5. The summed E-state index contributed by atoms with van der Waals surface area (Å²) in [7, 11) is 2.17. The van der Waals surface area contributed by atoms with E-state index in [1.165, 1.54) is 6.42 Å². The van der Waals surface area contributed by atoms with Crippen LogP contribution in [0.2, 0.25) is 0 Å². The van der Waals surface area contributed by atoms with Crippen LogP contribution >= 0.6 is 0 Å². The Morgan fingerprint density at radius 3 is 2.59 bits per heavy atom. The fraction of sp³-hybridized carbons (Fsp3) is 0.227. The summed E-state index contributed by atoms with van der Waals surface area (Å²) in [5.41, 5.74) is 2.85. The highest BCUT2D eigenvalue weighted by molar-refractivity contribution is 6.04. The van der Waals surface area contributed by atoms with Crippen LogP contribution in [-0.4, -0.2) is 45.6 Å². The number of benzene rings is 2. The average molecular weight is 383 g/mol. The molecule has 0 aliphatic carbocycles. The molecule has 2 aromatic carbocycles. The van der Waals surface area contributed by atoms with Gasteiger partial charge in [-0.2, -0.15) is 5.10 Å². The molecule has 1 saturated heterocycles. The summed E-state index contributed by atoms with van der Waals surface area (Å²) in [5, 5.41) is 5.90. The SMILES string of the molecule is BN1CC[C@H](Cn2nc(-c3ccc(Oc4ccccc4)cc3)c3cncnc32)C1. The van der Waals surface area contributed by atoms with Crippen LogP contribution in [0.4, 0.5) is 0 Å². The summed E-state index contributed by atoms with van der Waals surface area (Å²) in [6.07, 6.45) is 4.65. The van der Waals surface area contributed by atoms with Gasteiger partial charge in [0.1, 0.15) is 23.5 Å².